The van der Waals surface area contributed by atoms with Gasteiger partial charge in [0.25, 0.3) is 0 Å². The fourth-order valence-corrected chi connectivity index (χ4v) is 6.44. The molecule has 1 aliphatic heterocycles. The highest BCUT2D eigenvalue weighted by Gasteiger charge is 2.32. The number of sulfonamides is 1. The Labute approximate surface area is 245 Å². The van der Waals surface area contributed by atoms with Crippen molar-refractivity contribution in [3.63, 3.8) is 0 Å². The molecule has 1 atom stereocenters. The minimum Gasteiger partial charge on any atom is -0.361 e. The van der Waals surface area contributed by atoms with Crippen LogP contribution in [0, 0.1) is 6.92 Å². The van der Waals surface area contributed by atoms with Crippen molar-refractivity contribution < 1.29 is 18.0 Å². The summed E-state index contributed by atoms with van der Waals surface area (Å²) in [6.45, 7) is 3.17. The van der Waals surface area contributed by atoms with E-state index in [1.165, 1.54) is 4.31 Å². The van der Waals surface area contributed by atoms with Gasteiger partial charge in [-0.1, -0.05) is 35.9 Å². The average molecular weight is 590 g/mol. The zero-order valence-corrected chi connectivity index (χ0v) is 24.2. The molecule has 1 saturated heterocycles. The Morgan fingerprint density at radius 3 is 2.52 bits per heavy atom. The van der Waals surface area contributed by atoms with E-state index in [1.54, 1.807) is 35.4 Å². The smallest absolute Gasteiger partial charge is 0.318 e. The molecule has 2 aromatic carbocycles. The number of H-pyrrole nitrogens is 1. The second kappa shape index (κ2) is 12.7. The summed E-state index contributed by atoms with van der Waals surface area (Å²) < 4.78 is 27.6. The number of fused-ring (bicyclic) bond motifs is 1. The van der Waals surface area contributed by atoms with Crippen LogP contribution >= 0.6 is 0 Å². The van der Waals surface area contributed by atoms with Gasteiger partial charge in [0, 0.05) is 62.4 Å². The fourth-order valence-electron chi connectivity index (χ4n) is 5.01. The minimum atomic E-state index is -3.66. The lowest BCUT2D eigenvalue weighted by Crippen LogP contribution is -2.57. The van der Waals surface area contributed by atoms with Crippen LogP contribution in [0.15, 0.2) is 78.0 Å². The zero-order valence-electron chi connectivity index (χ0n) is 23.4. The third kappa shape index (κ3) is 6.62. The van der Waals surface area contributed by atoms with E-state index in [0.29, 0.717) is 12.2 Å². The van der Waals surface area contributed by atoms with Crippen molar-refractivity contribution in [3.05, 3.63) is 95.4 Å². The van der Waals surface area contributed by atoms with Gasteiger partial charge in [0.05, 0.1) is 17.1 Å². The number of aromatic nitrogens is 2. The first-order valence-electron chi connectivity index (χ1n) is 13.8. The number of aromatic amines is 1. The number of aryl methyl sites for hydroxylation is 1. The van der Waals surface area contributed by atoms with Gasteiger partial charge in [-0.05, 0) is 48.4 Å². The number of nitrogens with zero attached hydrogens (tertiary/aromatic N) is 3. The number of hydrogen-bond acceptors (Lipinski definition) is 6. The quantitative estimate of drug-likeness (QED) is 0.235. The molecular weight excluding hydrogens is 554 g/mol. The number of urea groups is 1. The first kappa shape index (κ1) is 29.2. The Morgan fingerprint density at radius 2 is 1.79 bits per heavy atom. The molecule has 0 spiro atoms. The summed E-state index contributed by atoms with van der Waals surface area (Å²) in [5, 5.41) is 6.76. The molecule has 220 valence electrons. The van der Waals surface area contributed by atoms with E-state index < -0.39 is 22.1 Å². The number of nitrogens with one attached hydrogen (secondary N) is 3. The minimum absolute atomic E-state index is 0.159. The van der Waals surface area contributed by atoms with Gasteiger partial charge in [0.15, 0.2) is 0 Å². The van der Waals surface area contributed by atoms with Crippen molar-refractivity contribution >= 4 is 32.9 Å². The van der Waals surface area contributed by atoms with E-state index in [2.05, 4.69) is 20.6 Å². The predicted molar refractivity (Wildman–Crippen MR) is 160 cm³/mol. The molecule has 5 rings (SSSR count). The van der Waals surface area contributed by atoms with Gasteiger partial charge < -0.3 is 26.3 Å². The second-order valence-electron chi connectivity index (χ2n) is 10.3. The fraction of sp³-hybridized carbons (Fsp3) is 0.300. The maximum absolute atomic E-state index is 13.4. The Balaban J connectivity index is 1.26. The number of piperazine rings is 1. The van der Waals surface area contributed by atoms with Crippen molar-refractivity contribution in [3.8, 4) is 0 Å². The van der Waals surface area contributed by atoms with Crippen molar-refractivity contribution in [2.24, 2.45) is 5.73 Å². The molecular formula is C30H35N7O4S. The van der Waals surface area contributed by atoms with Gasteiger partial charge in [-0.15, -0.1) is 0 Å². The Bertz CT molecular complexity index is 1660. The summed E-state index contributed by atoms with van der Waals surface area (Å²) in [7, 11) is -3.66. The number of rotatable bonds is 9. The van der Waals surface area contributed by atoms with Crippen LogP contribution in [-0.2, 0) is 34.3 Å². The Kier molecular flexibility index (Phi) is 8.86. The largest absolute Gasteiger partial charge is 0.361 e. The average Bonchev–Trinajstić information content (AvgIpc) is 3.42. The number of amides is 3. The number of benzene rings is 2. The highest BCUT2D eigenvalue weighted by Crippen LogP contribution is 2.21. The van der Waals surface area contributed by atoms with E-state index >= 15 is 0 Å². The molecule has 11 nitrogen and oxygen atoms in total. The first-order valence-corrected chi connectivity index (χ1v) is 15.3. The van der Waals surface area contributed by atoms with Crippen LogP contribution in [0.25, 0.3) is 10.9 Å². The van der Waals surface area contributed by atoms with Gasteiger partial charge in [-0.2, -0.15) is 4.31 Å². The summed E-state index contributed by atoms with van der Waals surface area (Å²) in [6, 6.07) is 16.8. The van der Waals surface area contributed by atoms with Crippen molar-refractivity contribution in [2.75, 3.05) is 26.2 Å². The van der Waals surface area contributed by atoms with Crippen LogP contribution in [0.5, 0.6) is 0 Å². The molecule has 12 heteroatoms. The molecule has 42 heavy (non-hydrogen) atoms. The monoisotopic (exact) mass is 589 g/mol. The molecule has 0 aliphatic carbocycles. The van der Waals surface area contributed by atoms with Crippen molar-refractivity contribution in [1.82, 2.24) is 29.8 Å². The first-order chi connectivity index (χ1) is 20.2. The molecule has 2 aromatic heterocycles. The van der Waals surface area contributed by atoms with Gasteiger partial charge in [-0.3, -0.25) is 9.78 Å². The molecule has 0 bridgehead atoms. The number of carbonyl (C=O) groups is 2. The van der Waals surface area contributed by atoms with Crippen LogP contribution in [0.4, 0.5) is 4.79 Å². The molecule has 5 N–H and O–H groups in total. The lowest BCUT2D eigenvalue weighted by molar-refractivity contribution is -0.123. The normalized spacial score (nSPS) is 15.0. The summed E-state index contributed by atoms with van der Waals surface area (Å²) >= 11 is 0. The highest BCUT2D eigenvalue weighted by atomic mass is 32.2. The van der Waals surface area contributed by atoms with Crippen LogP contribution in [0.3, 0.4) is 0 Å². The Morgan fingerprint density at radius 1 is 1.05 bits per heavy atom. The van der Waals surface area contributed by atoms with E-state index in [-0.39, 0.29) is 49.9 Å². The van der Waals surface area contributed by atoms with E-state index in [1.807, 2.05) is 49.5 Å². The summed E-state index contributed by atoms with van der Waals surface area (Å²) in [6.07, 6.45) is 3.76. The van der Waals surface area contributed by atoms with Gasteiger partial charge in [0.1, 0.15) is 6.04 Å². The lowest BCUT2D eigenvalue weighted by atomic mass is 10.0. The summed E-state index contributed by atoms with van der Waals surface area (Å²) in [4.78, 5) is 36.1. The molecule has 1 aliphatic rings. The third-order valence-electron chi connectivity index (χ3n) is 7.46. The number of hydrogen-bond donors (Lipinski definition) is 4. The Hall–Kier alpha value is -4.26. The van der Waals surface area contributed by atoms with Crippen LogP contribution in [0.1, 0.15) is 22.4 Å². The van der Waals surface area contributed by atoms with Gasteiger partial charge >= 0.3 is 6.03 Å². The molecule has 3 amide bonds. The summed E-state index contributed by atoms with van der Waals surface area (Å²) in [5.74, 6) is -0.353. The second-order valence-corrected chi connectivity index (χ2v) is 12.3. The number of pyridine rings is 1. The predicted octanol–water partition coefficient (Wildman–Crippen LogP) is 2.27. The lowest BCUT2D eigenvalue weighted by Gasteiger charge is -2.34. The van der Waals surface area contributed by atoms with Crippen LogP contribution in [0.2, 0.25) is 0 Å². The highest BCUT2D eigenvalue weighted by molar-refractivity contribution is 7.89. The topological polar surface area (TPSA) is 154 Å². The van der Waals surface area contributed by atoms with E-state index in [9.17, 15) is 18.0 Å². The SMILES string of the molecule is Cc1ccc(S(=O)(=O)N2CCN(C(=O)NC(Cc3c[nH]c4ccccc34)C(=O)NCc3cc(CN)ccn3)CC2)cc1. The van der Waals surface area contributed by atoms with Gasteiger partial charge in [0.2, 0.25) is 15.9 Å². The third-order valence-corrected chi connectivity index (χ3v) is 9.37. The molecule has 4 aromatic rings. The number of carbonyl (C=O) groups excluding carboxylic acids is 2. The summed E-state index contributed by atoms with van der Waals surface area (Å²) in [5.41, 5.74) is 10.1. The molecule has 0 saturated carbocycles. The van der Waals surface area contributed by atoms with E-state index in [4.69, 9.17) is 5.73 Å². The molecule has 1 fully saturated rings. The molecule has 0 radical (unpaired) electrons. The van der Waals surface area contributed by atoms with Crippen molar-refractivity contribution in [1.29, 1.82) is 0 Å². The number of para-hydroxylation sites is 1. The number of nitrogens with two attached hydrogens (primary N) is 1. The molecule has 3 heterocycles. The maximum atomic E-state index is 13.4. The standard InChI is InChI=1S/C30H35N7O4S/c1-21-6-8-25(9-7-21)42(40,41)37-14-12-36(13-15-37)30(39)35-28(17-23-19-33-27-5-3-2-4-26(23)27)29(38)34-20-24-16-22(18-31)10-11-32-24/h2-11,16,19,28,33H,12-15,17-18,20,31H2,1H3,(H,34,38)(H,35,39). The molecule has 1 unspecified atom stereocenters. The zero-order chi connectivity index (χ0) is 29.7. The van der Waals surface area contributed by atoms with Crippen molar-refractivity contribution in [2.45, 2.75) is 37.4 Å². The van der Waals surface area contributed by atoms with Gasteiger partial charge in [-0.25, -0.2) is 13.2 Å². The van der Waals surface area contributed by atoms with Crippen LogP contribution < -0.4 is 16.4 Å². The van der Waals surface area contributed by atoms with E-state index in [0.717, 1.165) is 27.6 Å². The van der Waals surface area contributed by atoms with Crippen LogP contribution in [-0.4, -0.2) is 71.8 Å². The maximum Gasteiger partial charge on any atom is 0.318 e.